The zero-order chi connectivity index (χ0) is 10.3. The number of carbonyl (C=O) groups excluding carboxylic acids is 2. The van der Waals surface area contributed by atoms with E-state index in [-0.39, 0.29) is 17.2 Å². The molecule has 2 rings (SSSR count). The minimum absolute atomic E-state index is 0.176. The number of fused-ring (bicyclic) bond motifs is 1. The van der Waals surface area contributed by atoms with Gasteiger partial charge in [0.05, 0.1) is 0 Å². The van der Waals surface area contributed by atoms with Crippen molar-refractivity contribution in [3.8, 4) is 0 Å². The second-order valence-electron chi connectivity index (χ2n) is 2.74. The highest BCUT2D eigenvalue weighted by Crippen LogP contribution is 2.10. The molecule has 1 heterocycles. The van der Waals surface area contributed by atoms with Crippen LogP contribution >= 0.6 is 0 Å². The Morgan fingerprint density at radius 1 is 1.14 bits per heavy atom. The molecule has 0 aromatic carbocycles. The van der Waals surface area contributed by atoms with Crippen molar-refractivity contribution in [2.75, 3.05) is 5.73 Å². The van der Waals surface area contributed by atoms with Crippen molar-refractivity contribution < 1.29 is 9.59 Å². The minimum Gasteiger partial charge on any atom is -0.369 e. The standard InChI is InChI=1S/C8H5N3O3/c9-8-10-6-4(13)2-1-3(12)5(6)7(14)11-8/h1-2H,(H3,9,10,11,14). The summed E-state index contributed by atoms with van der Waals surface area (Å²) in [5.41, 5.74) is 4.13. The molecule has 1 aliphatic rings. The first-order valence-corrected chi connectivity index (χ1v) is 3.76. The third kappa shape index (κ3) is 1.05. The summed E-state index contributed by atoms with van der Waals surface area (Å²) in [6.07, 6.45) is 2.11. The third-order valence-electron chi connectivity index (χ3n) is 1.80. The molecule has 6 heteroatoms. The second-order valence-corrected chi connectivity index (χ2v) is 2.74. The number of nitrogens with one attached hydrogen (secondary N) is 1. The molecule has 1 aliphatic carbocycles. The van der Waals surface area contributed by atoms with Gasteiger partial charge < -0.3 is 5.73 Å². The molecule has 1 aromatic heterocycles. The van der Waals surface area contributed by atoms with E-state index in [0.717, 1.165) is 12.2 Å². The van der Waals surface area contributed by atoms with Crippen molar-refractivity contribution in [2.24, 2.45) is 0 Å². The smallest absolute Gasteiger partial charge is 0.264 e. The summed E-state index contributed by atoms with van der Waals surface area (Å²) >= 11 is 0. The lowest BCUT2D eigenvalue weighted by atomic mass is 10.0. The van der Waals surface area contributed by atoms with Crippen LogP contribution in [0.1, 0.15) is 20.8 Å². The van der Waals surface area contributed by atoms with Crippen molar-refractivity contribution in [1.29, 1.82) is 0 Å². The largest absolute Gasteiger partial charge is 0.369 e. The number of H-pyrrole nitrogens is 1. The molecule has 70 valence electrons. The van der Waals surface area contributed by atoms with Gasteiger partial charge >= 0.3 is 0 Å². The lowest BCUT2D eigenvalue weighted by Gasteiger charge is -2.06. The maximum Gasteiger partial charge on any atom is 0.264 e. The van der Waals surface area contributed by atoms with Crippen LogP contribution in [-0.2, 0) is 0 Å². The first-order chi connectivity index (χ1) is 6.59. The molecule has 14 heavy (non-hydrogen) atoms. The Kier molecular flexibility index (Phi) is 1.57. The van der Waals surface area contributed by atoms with E-state index < -0.39 is 17.1 Å². The molecular weight excluding hydrogens is 186 g/mol. The fraction of sp³-hybridized carbons (Fsp3) is 0. The van der Waals surface area contributed by atoms with Gasteiger partial charge in [-0.3, -0.25) is 19.4 Å². The van der Waals surface area contributed by atoms with Gasteiger partial charge in [-0.2, -0.15) is 0 Å². The van der Waals surface area contributed by atoms with Gasteiger partial charge in [0.2, 0.25) is 11.7 Å². The van der Waals surface area contributed by atoms with Gasteiger partial charge in [0, 0.05) is 0 Å². The van der Waals surface area contributed by atoms with Gasteiger partial charge in [-0.25, -0.2) is 4.98 Å². The molecule has 0 bridgehead atoms. The van der Waals surface area contributed by atoms with Gasteiger partial charge in [0.25, 0.3) is 5.56 Å². The predicted molar refractivity (Wildman–Crippen MR) is 47.1 cm³/mol. The molecule has 0 unspecified atom stereocenters. The average Bonchev–Trinajstić information content (AvgIpc) is 2.10. The number of rotatable bonds is 0. The Labute approximate surface area is 77.5 Å². The summed E-state index contributed by atoms with van der Waals surface area (Å²) in [7, 11) is 0. The maximum absolute atomic E-state index is 11.3. The number of nitrogens with two attached hydrogens (primary N) is 1. The Morgan fingerprint density at radius 2 is 1.79 bits per heavy atom. The van der Waals surface area contributed by atoms with E-state index in [1.807, 2.05) is 0 Å². The second kappa shape index (κ2) is 2.63. The zero-order valence-corrected chi connectivity index (χ0v) is 6.90. The van der Waals surface area contributed by atoms with Crippen molar-refractivity contribution in [3.63, 3.8) is 0 Å². The van der Waals surface area contributed by atoms with Gasteiger partial charge in [0.1, 0.15) is 11.3 Å². The molecule has 0 fully saturated rings. The van der Waals surface area contributed by atoms with Gasteiger partial charge in [-0.05, 0) is 12.2 Å². The van der Waals surface area contributed by atoms with Crippen LogP contribution in [0.3, 0.4) is 0 Å². The fourth-order valence-corrected chi connectivity index (χ4v) is 1.21. The SMILES string of the molecule is Nc1nc2c(c(=O)[nH]1)C(=O)C=CC2=O. The first-order valence-electron chi connectivity index (χ1n) is 3.76. The minimum atomic E-state index is -0.685. The van der Waals surface area contributed by atoms with E-state index in [9.17, 15) is 14.4 Å². The number of allylic oxidation sites excluding steroid dienone is 2. The highest BCUT2D eigenvalue weighted by Gasteiger charge is 2.24. The molecule has 0 atom stereocenters. The molecule has 0 aliphatic heterocycles. The van der Waals surface area contributed by atoms with Crippen molar-refractivity contribution in [1.82, 2.24) is 9.97 Å². The highest BCUT2D eigenvalue weighted by molar-refractivity contribution is 6.20. The fourth-order valence-electron chi connectivity index (χ4n) is 1.21. The molecule has 1 aromatic rings. The number of nitrogens with zero attached hydrogens (tertiary/aromatic N) is 1. The Morgan fingerprint density at radius 3 is 2.50 bits per heavy atom. The van der Waals surface area contributed by atoms with Crippen LogP contribution in [0.4, 0.5) is 5.95 Å². The van der Waals surface area contributed by atoms with Crippen LogP contribution < -0.4 is 11.3 Å². The summed E-state index contributed by atoms with van der Waals surface area (Å²) in [5, 5.41) is 0. The number of aromatic nitrogens is 2. The molecule has 0 amide bonds. The van der Waals surface area contributed by atoms with Crippen molar-refractivity contribution in [2.45, 2.75) is 0 Å². The number of hydrogen-bond acceptors (Lipinski definition) is 5. The number of anilines is 1. The van der Waals surface area contributed by atoms with Crippen LogP contribution in [0.15, 0.2) is 16.9 Å². The normalized spacial score (nSPS) is 14.3. The van der Waals surface area contributed by atoms with Gasteiger partial charge in [-0.1, -0.05) is 0 Å². The molecule has 0 spiro atoms. The molecule has 6 nitrogen and oxygen atoms in total. The lowest BCUT2D eigenvalue weighted by Crippen LogP contribution is -2.27. The zero-order valence-electron chi connectivity index (χ0n) is 6.90. The Balaban J connectivity index is 2.85. The molecular formula is C8H5N3O3. The number of nitrogen functional groups attached to an aromatic ring is 1. The molecule has 3 N–H and O–H groups in total. The maximum atomic E-state index is 11.3. The van der Waals surface area contributed by atoms with Crippen molar-refractivity contribution in [3.05, 3.63) is 33.8 Å². The predicted octanol–water partition coefficient (Wildman–Crippen LogP) is -0.713. The number of hydrogen-bond donors (Lipinski definition) is 2. The highest BCUT2D eigenvalue weighted by atomic mass is 16.2. The Hall–Kier alpha value is -2.24. The summed E-state index contributed by atoms with van der Waals surface area (Å²) in [6.45, 7) is 0. The van der Waals surface area contributed by atoms with Crippen LogP contribution in [0, 0.1) is 0 Å². The van der Waals surface area contributed by atoms with E-state index in [0.29, 0.717) is 0 Å². The van der Waals surface area contributed by atoms with E-state index in [1.165, 1.54) is 0 Å². The number of carbonyl (C=O) groups is 2. The lowest BCUT2D eigenvalue weighted by molar-refractivity contribution is 0.0989. The van der Waals surface area contributed by atoms with Crippen LogP contribution in [0.5, 0.6) is 0 Å². The van der Waals surface area contributed by atoms with Crippen LogP contribution in [-0.4, -0.2) is 21.5 Å². The van der Waals surface area contributed by atoms with E-state index >= 15 is 0 Å². The molecule has 0 saturated heterocycles. The van der Waals surface area contributed by atoms with E-state index in [4.69, 9.17) is 5.73 Å². The molecule has 0 saturated carbocycles. The van der Waals surface area contributed by atoms with Crippen LogP contribution in [0.25, 0.3) is 0 Å². The topological polar surface area (TPSA) is 106 Å². The first kappa shape index (κ1) is 8.36. The number of aromatic amines is 1. The van der Waals surface area contributed by atoms with Crippen molar-refractivity contribution >= 4 is 17.5 Å². The van der Waals surface area contributed by atoms with E-state index in [2.05, 4.69) is 9.97 Å². The summed E-state index contributed by atoms with van der Waals surface area (Å²) in [4.78, 5) is 39.5. The summed E-state index contributed by atoms with van der Waals surface area (Å²) in [6, 6.07) is 0. The third-order valence-corrected chi connectivity index (χ3v) is 1.80. The monoisotopic (exact) mass is 191 g/mol. The quantitative estimate of drug-likeness (QED) is 0.563. The summed E-state index contributed by atoms with van der Waals surface area (Å²) < 4.78 is 0. The van der Waals surface area contributed by atoms with Gasteiger partial charge in [-0.15, -0.1) is 0 Å². The van der Waals surface area contributed by atoms with E-state index in [1.54, 1.807) is 0 Å². The number of ketones is 2. The van der Waals surface area contributed by atoms with Crippen LogP contribution in [0.2, 0.25) is 0 Å². The molecule has 0 radical (unpaired) electrons. The van der Waals surface area contributed by atoms with Gasteiger partial charge in [0.15, 0.2) is 5.78 Å². The average molecular weight is 191 g/mol. The Bertz CT molecular complexity index is 527. The summed E-state index contributed by atoms with van der Waals surface area (Å²) in [5.74, 6) is -1.20.